The molecule has 2 aromatic carbocycles. The molecule has 0 bridgehead atoms. The minimum absolute atomic E-state index is 0.0462. The molecule has 4 rings (SSSR count). The number of carbonyl (C=O) groups excluding carboxylic acids is 2. The molecule has 3 aromatic rings. The summed E-state index contributed by atoms with van der Waals surface area (Å²) in [6, 6.07) is 16.5. The normalized spacial score (nSPS) is 14.7. The molecular weight excluding hydrogens is 421 g/mol. The van der Waals surface area contributed by atoms with Crippen molar-refractivity contribution >= 4 is 34.9 Å². The molecule has 0 spiro atoms. The maximum atomic E-state index is 13.0. The van der Waals surface area contributed by atoms with Gasteiger partial charge in [0.2, 0.25) is 0 Å². The van der Waals surface area contributed by atoms with Gasteiger partial charge in [0.1, 0.15) is 0 Å². The van der Waals surface area contributed by atoms with Gasteiger partial charge in [-0.3, -0.25) is 9.59 Å². The maximum Gasteiger partial charge on any atom is 0.274 e. The molecule has 1 aliphatic rings. The topological polar surface area (TPSA) is 55.2 Å². The molecule has 0 saturated carbocycles. The highest BCUT2D eigenvalue weighted by molar-refractivity contribution is 6.42. The van der Waals surface area contributed by atoms with Gasteiger partial charge < -0.3 is 4.90 Å². The van der Waals surface area contributed by atoms with Gasteiger partial charge in [-0.2, -0.15) is 5.10 Å². The Morgan fingerprint density at radius 2 is 1.67 bits per heavy atom. The van der Waals surface area contributed by atoms with Crippen molar-refractivity contribution in [3.05, 3.63) is 81.6 Å². The summed E-state index contributed by atoms with van der Waals surface area (Å²) in [6.07, 6.45) is 1.23. The van der Waals surface area contributed by atoms with E-state index in [4.69, 9.17) is 23.2 Å². The average molecular weight is 442 g/mol. The Hall–Kier alpha value is -2.63. The minimum atomic E-state index is -0.130. The number of likely N-dealkylation sites (tertiary alicyclic amines) is 1. The van der Waals surface area contributed by atoms with Crippen LogP contribution in [0.5, 0.6) is 0 Å². The van der Waals surface area contributed by atoms with E-state index in [1.807, 2.05) is 43.3 Å². The largest absolute Gasteiger partial charge is 0.337 e. The first kappa shape index (κ1) is 20.6. The second-order valence-electron chi connectivity index (χ2n) is 7.48. The van der Waals surface area contributed by atoms with E-state index in [-0.39, 0.29) is 17.6 Å². The maximum absolute atomic E-state index is 13.0. The molecule has 5 nitrogen and oxygen atoms in total. The molecule has 1 aromatic heterocycles. The molecule has 0 atom stereocenters. The van der Waals surface area contributed by atoms with Crippen LogP contribution >= 0.6 is 23.2 Å². The quantitative estimate of drug-likeness (QED) is 0.521. The third-order valence-corrected chi connectivity index (χ3v) is 6.20. The highest BCUT2D eigenvalue weighted by Crippen LogP contribution is 2.27. The second-order valence-corrected chi connectivity index (χ2v) is 8.29. The van der Waals surface area contributed by atoms with Crippen molar-refractivity contribution in [3.8, 4) is 5.69 Å². The van der Waals surface area contributed by atoms with Crippen LogP contribution in [0.3, 0.4) is 0 Å². The van der Waals surface area contributed by atoms with Gasteiger partial charge in [-0.15, -0.1) is 0 Å². The highest BCUT2D eigenvalue weighted by Gasteiger charge is 2.29. The van der Waals surface area contributed by atoms with Crippen LogP contribution in [-0.4, -0.2) is 39.5 Å². The van der Waals surface area contributed by atoms with Crippen molar-refractivity contribution in [2.75, 3.05) is 13.1 Å². The number of halogens is 2. The Labute approximate surface area is 185 Å². The zero-order valence-corrected chi connectivity index (χ0v) is 18.0. The van der Waals surface area contributed by atoms with E-state index in [1.165, 1.54) is 0 Å². The molecule has 1 amide bonds. The van der Waals surface area contributed by atoms with Gasteiger partial charge in [-0.1, -0.05) is 41.4 Å². The van der Waals surface area contributed by atoms with Crippen LogP contribution in [0, 0.1) is 12.8 Å². The van der Waals surface area contributed by atoms with E-state index < -0.39 is 0 Å². The molecular formula is C23H21Cl2N3O2. The van der Waals surface area contributed by atoms with Crippen LogP contribution < -0.4 is 0 Å². The van der Waals surface area contributed by atoms with E-state index in [9.17, 15) is 9.59 Å². The predicted molar refractivity (Wildman–Crippen MR) is 118 cm³/mol. The van der Waals surface area contributed by atoms with Crippen LogP contribution in [0.2, 0.25) is 10.0 Å². The lowest BCUT2D eigenvalue weighted by Crippen LogP contribution is -2.40. The lowest BCUT2D eigenvalue weighted by molar-refractivity contribution is 0.0645. The number of hydrogen-bond donors (Lipinski definition) is 0. The fourth-order valence-electron chi connectivity index (χ4n) is 3.80. The molecule has 154 valence electrons. The van der Waals surface area contributed by atoms with E-state index in [1.54, 1.807) is 27.8 Å². The highest BCUT2D eigenvalue weighted by atomic mass is 35.5. The summed E-state index contributed by atoms with van der Waals surface area (Å²) in [4.78, 5) is 27.5. The summed E-state index contributed by atoms with van der Waals surface area (Å²) >= 11 is 12.0. The molecule has 0 radical (unpaired) electrons. The summed E-state index contributed by atoms with van der Waals surface area (Å²) in [5.74, 6) is -0.187. The van der Waals surface area contributed by atoms with E-state index >= 15 is 0 Å². The Bertz CT molecular complexity index is 1090. The number of para-hydroxylation sites is 1. The van der Waals surface area contributed by atoms with Gasteiger partial charge in [0.25, 0.3) is 5.91 Å². The molecule has 1 aliphatic heterocycles. The standard InChI is InChI=1S/C23H21Cl2N3O2/c1-15-13-21(26-28(15)18-5-3-2-4-6-18)23(30)27-11-9-16(10-12-27)22(29)17-7-8-19(24)20(25)14-17/h2-8,13-14,16H,9-12H2,1H3. The van der Waals surface area contributed by atoms with Crippen LogP contribution in [0.25, 0.3) is 5.69 Å². The summed E-state index contributed by atoms with van der Waals surface area (Å²) < 4.78 is 1.77. The lowest BCUT2D eigenvalue weighted by Gasteiger charge is -2.31. The molecule has 0 aliphatic carbocycles. The zero-order chi connectivity index (χ0) is 21.3. The number of hydrogen-bond acceptors (Lipinski definition) is 3. The van der Waals surface area contributed by atoms with Crippen LogP contribution in [0.4, 0.5) is 0 Å². The lowest BCUT2D eigenvalue weighted by atomic mass is 9.89. The molecule has 2 heterocycles. The van der Waals surface area contributed by atoms with Gasteiger partial charge in [-0.25, -0.2) is 4.68 Å². The third-order valence-electron chi connectivity index (χ3n) is 5.46. The number of nitrogens with zero attached hydrogens (tertiary/aromatic N) is 3. The number of aryl methyl sites for hydroxylation is 1. The molecule has 0 unspecified atom stereocenters. The number of ketones is 1. The number of piperidine rings is 1. The van der Waals surface area contributed by atoms with Gasteiger partial charge in [0, 0.05) is 30.3 Å². The summed E-state index contributed by atoms with van der Waals surface area (Å²) in [6.45, 7) is 2.97. The van der Waals surface area contributed by atoms with Crippen LogP contribution in [0.1, 0.15) is 39.4 Å². The summed E-state index contributed by atoms with van der Waals surface area (Å²) in [5.41, 5.74) is 2.80. The number of benzene rings is 2. The Balaban J connectivity index is 1.42. The fourth-order valence-corrected chi connectivity index (χ4v) is 4.10. The minimum Gasteiger partial charge on any atom is -0.337 e. The smallest absolute Gasteiger partial charge is 0.274 e. The molecule has 0 N–H and O–H groups in total. The first-order valence-electron chi connectivity index (χ1n) is 9.84. The fraction of sp³-hybridized carbons (Fsp3) is 0.261. The van der Waals surface area contributed by atoms with Crippen molar-refractivity contribution in [1.29, 1.82) is 0 Å². The van der Waals surface area contributed by atoms with Crippen LogP contribution in [0.15, 0.2) is 54.6 Å². The van der Waals surface area contributed by atoms with Crippen molar-refractivity contribution in [1.82, 2.24) is 14.7 Å². The Morgan fingerprint density at radius 1 is 0.967 bits per heavy atom. The van der Waals surface area contributed by atoms with E-state index in [2.05, 4.69) is 5.10 Å². The van der Waals surface area contributed by atoms with E-state index in [0.29, 0.717) is 47.2 Å². The molecule has 7 heteroatoms. The predicted octanol–water partition coefficient (Wildman–Crippen LogP) is 5.22. The molecule has 1 fully saturated rings. The third kappa shape index (κ3) is 4.13. The van der Waals surface area contributed by atoms with Crippen molar-refractivity contribution < 1.29 is 9.59 Å². The number of amides is 1. The Kier molecular flexibility index (Phi) is 5.93. The molecule has 1 saturated heterocycles. The molecule has 30 heavy (non-hydrogen) atoms. The second kappa shape index (κ2) is 8.62. The number of Topliss-reactive ketones (excluding diaryl/α,β-unsaturated/α-hetero) is 1. The van der Waals surface area contributed by atoms with Gasteiger partial charge >= 0.3 is 0 Å². The summed E-state index contributed by atoms with van der Waals surface area (Å²) in [7, 11) is 0. The van der Waals surface area contributed by atoms with Gasteiger partial charge in [-0.05, 0) is 56.2 Å². The van der Waals surface area contributed by atoms with E-state index in [0.717, 1.165) is 11.4 Å². The zero-order valence-electron chi connectivity index (χ0n) is 16.5. The monoisotopic (exact) mass is 441 g/mol. The average Bonchev–Trinajstić information content (AvgIpc) is 3.17. The SMILES string of the molecule is Cc1cc(C(=O)N2CCC(C(=O)c3ccc(Cl)c(Cl)c3)CC2)nn1-c1ccccc1. The van der Waals surface area contributed by atoms with Gasteiger partial charge in [0.05, 0.1) is 15.7 Å². The van der Waals surface area contributed by atoms with Crippen molar-refractivity contribution in [2.45, 2.75) is 19.8 Å². The number of carbonyl (C=O) groups is 2. The summed E-state index contributed by atoms with van der Waals surface area (Å²) in [5, 5.41) is 5.31. The first-order valence-corrected chi connectivity index (χ1v) is 10.6. The van der Waals surface area contributed by atoms with Crippen LogP contribution in [-0.2, 0) is 0 Å². The van der Waals surface area contributed by atoms with Crippen molar-refractivity contribution in [3.63, 3.8) is 0 Å². The first-order chi connectivity index (χ1) is 14.4. The number of rotatable bonds is 4. The van der Waals surface area contributed by atoms with Crippen molar-refractivity contribution in [2.24, 2.45) is 5.92 Å². The van der Waals surface area contributed by atoms with Gasteiger partial charge in [0.15, 0.2) is 11.5 Å². The Morgan fingerprint density at radius 3 is 2.33 bits per heavy atom. The number of aromatic nitrogens is 2.